The molecule has 1 fully saturated rings. The van der Waals surface area contributed by atoms with Crippen LogP contribution in [0.3, 0.4) is 0 Å². The average Bonchev–Trinajstić information content (AvgIpc) is 0.765. The molecule has 0 radical (unpaired) electrons. The van der Waals surface area contributed by atoms with Crippen LogP contribution in [0.15, 0.2) is 0 Å². The average molecular weight is 1510 g/mol. The van der Waals surface area contributed by atoms with Crippen molar-refractivity contribution in [1.82, 2.24) is 0 Å². The number of rotatable bonds is 85. The summed E-state index contributed by atoms with van der Waals surface area (Å²) in [4.78, 5) is 71.7. The second-order valence-electron chi connectivity index (χ2n) is 33.8. The molecule has 4 atom stereocenters. The van der Waals surface area contributed by atoms with Gasteiger partial charge in [-0.25, -0.2) is 0 Å². The maximum Gasteiger partial charge on any atom is 0.306 e. The van der Waals surface area contributed by atoms with Gasteiger partial charge in [0, 0.05) is 32.1 Å². The summed E-state index contributed by atoms with van der Waals surface area (Å²) < 4.78 is 31.9. The first-order valence-corrected chi connectivity index (χ1v) is 48.3. The van der Waals surface area contributed by atoms with Crippen LogP contribution in [0.2, 0.25) is 0 Å². The number of carbonyl (C=O) groups is 5. The van der Waals surface area contributed by atoms with Crippen molar-refractivity contribution in [3.05, 3.63) is 0 Å². The van der Waals surface area contributed by atoms with E-state index in [9.17, 15) is 29.1 Å². The highest BCUT2D eigenvalue weighted by atomic mass is 16.7. The third-order valence-electron chi connectivity index (χ3n) is 23.2. The Morgan fingerprint density at radius 2 is 0.252 bits per heavy atom. The van der Waals surface area contributed by atoms with Crippen LogP contribution in [0.25, 0.3) is 0 Å². The van der Waals surface area contributed by atoms with Crippen molar-refractivity contribution in [3.8, 4) is 0 Å². The number of carbonyl (C=O) groups excluding carboxylic acids is 5. The molecule has 0 saturated heterocycles. The third-order valence-corrected chi connectivity index (χ3v) is 23.2. The van der Waals surface area contributed by atoms with E-state index in [1.807, 2.05) is 0 Å². The fraction of sp³-hybridized carbons (Fsp3) is 0.948. The number of unbranched alkanes of at least 4 members (excludes halogenated alkanes) is 70. The predicted molar refractivity (Wildman–Crippen MR) is 453 cm³/mol. The minimum Gasteiger partial charge on any atom is -0.455 e. The summed E-state index contributed by atoms with van der Waals surface area (Å²) >= 11 is 0. The standard InChI is InChI=1S/C96H182O11/c1-6-11-16-21-26-31-36-41-46-51-56-61-66-71-76-81-86(97)103-92-91(102)93(104-87(98)82-77-72-67-62-57-52-47-42-37-32-27-22-17-12-7-2)95(106-89(100)84-79-74-69-64-59-54-49-44-39-34-29-24-19-14-9-4)96(107-90(101)85-80-75-70-65-60-55-50-45-40-35-30-25-20-15-10-5)94(92)105-88(99)83-78-73-68-63-58-53-48-43-38-33-28-23-18-13-8-3/h91-96,102H,6-85H2,1-5H3. The van der Waals surface area contributed by atoms with Gasteiger partial charge in [-0.1, -0.05) is 484 Å². The number of hydrogen-bond acceptors (Lipinski definition) is 11. The largest absolute Gasteiger partial charge is 0.455 e. The molecular weight excluding hydrogens is 1330 g/mol. The lowest BCUT2D eigenvalue weighted by molar-refractivity contribution is -0.257. The molecule has 0 aliphatic heterocycles. The highest BCUT2D eigenvalue weighted by molar-refractivity contribution is 5.73. The quantitative estimate of drug-likeness (QED) is 0.0352. The molecule has 4 unspecified atom stereocenters. The molecule has 0 aromatic heterocycles. The van der Waals surface area contributed by atoms with Crippen molar-refractivity contribution in [2.24, 2.45) is 0 Å². The SMILES string of the molecule is CCCCCCCCCCCCCCCCCC(=O)OC1C(O)C(OC(=O)CCCCCCCCCCCCCCCCC)C(OC(=O)CCCCCCCCCCCCCCCCC)C(OC(=O)CCCCCCCCCCCCCCCCC)C1OC(=O)CCCCCCCCCCCCCCCCC. The van der Waals surface area contributed by atoms with Crippen LogP contribution in [0.1, 0.15) is 548 Å². The van der Waals surface area contributed by atoms with Gasteiger partial charge in [0.05, 0.1) is 0 Å². The molecule has 0 aromatic rings. The Hall–Kier alpha value is -2.69. The van der Waals surface area contributed by atoms with Crippen molar-refractivity contribution >= 4 is 29.8 Å². The third kappa shape index (κ3) is 66.5. The fourth-order valence-electron chi connectivity index (χ4n) is 16.1. The highest BCUT2D eigenvalue weighted by Crippen LogP contribution is 2.35. The Morgan fingerprint density at radius 1 is 0.159 bits per heavy atom. The number of hydrogen-bond donors (Lipinski definition) is 1. The maximum absolute atomic E-state index is 14.5. The van der Waals surface area contributed by atoms with E-state index in [4.69, 9.17) is 23.7 Å². The zero-order valence-electron chi connectivity index (χ0n) is 72.1. The summed E-state index contributed by atoms with van der Waals surface area (Å²) in [7, 11) is 0. The lowest BCUT2D eigenvalue weighted by Crippen LogP contribution is -2.68. The molecular formula is C96H182O11. The number of aliphatic hydroxyl groups is 1. The van der Waals surface area contributed by atoms with E-state index in [-0.39, 0.29) is 32.1 Å². The molecule has 1 aliphatic rings. The van der Waals surface area contributed by atoms with Gasteiger partial charge in [-0.15, -0.1) is 0 Å². The van der Waals surface area contributed by atoms with Gasteiger partial charge in [0.1, 0.15) is 6.10 Å². The van der Waals surface area contributed by atoms with E-state index < -0.39 is 66.5 Å². The van der Waals surface area contributed by atoms with E-state index >= 15 is 0 Å². The molecule has 1 aliphatic carbocycles. The van der Waals surface area contributed by atoms with Crippen LogP contribution in [-0.2, 0) is 47.7 Å². The Labute approximate surface area is 664 Å². The fourth-order valence-corrected chi connectivity index (χ4v) is 16.1. The highest BCUT2D eigenvalue weighted by Gasteiger charge is 2.59. The van der Waals surface area contributed by atoms with E-state index in [2.05, 4.69) is 34.6 Å². The van der Waals surface area contributed by atoms with Gasteiger partial charge in [0.25, 0.3) is 0 Å². The van der Waals surface area contributed by atoms with Crippen molar-refractivity contribution in [3.63, 3.8) is 0 Å². The summed E-state index contributed by atoms with van der Waals surface area (Å²) in [6, 6.07) is 0. The van der Waals surface area contributed by atoms with Gasteiger partial charge in [-0.05, 0) is 32.1 Å². The van der Waals surface area contributed by atoms with E-state index in [0.717, 1.165) is 96.3 Å². The smallest absolute Gasteiger partial charge is 0.306 e. The molecule has 11 nitrogen and oxygen atoms in total. The van der Waals surface area contributed by atoms with Crippen molar-refractivity contribution in [1.29, 1.82) is 0 Å². The lowest BCUT2D eigenvalue weighted by Gasteiger charge is -2.46. The first kappa shape index (κ1) is 102. The van der Waals surface area contributed by atoms with Crippen LogP contribution in [-0.4, -0.2) is 71.6 Å². The summed E-state index contributed by atoms with van der Waals surface area (Å²) in [5.74, 6) is -2.88. The van der Waals surface area contributed by atoms with Gasteiger partial charge in [0.2, 0.25) is 0 Å². The first-order valence-electron chi connectivity index (χ1n) is 48.3. The Balaban J connectivity index is 3.43. The van der Waals surface area contributed by atoms with Crippen molar-refractivity contribution in [2.75, 3.05) is 0 Å². The summed E-state index contributed by atoms with van der Waals surface area (Å²) in [6.45, 7) is 11.3. The second kappa shape index (κ2) is 81.3. The number of aliphatic hydroxyl groups excluding tert-OH is 1. The van der Waals surface area contributed by atoms with Gasteiger partial charge in [0.15, 0.2) is 30.5 Å². The normalized spacial score (nSPS) is 16.5. The Morgan fingerprint density at radius 3 is 0.374 bits per heavy atom. The van der Waals surface area contributed by atoms with Crippen molar-refractivity contribution in [2.45, 2.75) is 585 Å². The molecule has 0 heterocycles. The predicted octanol–water partition coefficient (Wildman–Crippen LogP) is 30.2. The molecule has 1 N–H and O–H groups in total. The molecule has 0 aromatic carbocycles. The molecule has 0 amide bonds. The van der Waals surface area contributed by atoms with Crippen LogP contribution >= 0.6 is 0 Å². The summed E-state index contributed by atoms with van der Waals surface area (Å²) in [6.07, 6.45) is 80.1. The van der Waals surface area contributed by atoms with Gasteiger partial charge < -0.3 is 28.8 Å². The van der Waals surface area contributed by atoms with Crippen LogP contribution in [0.5, 0.6) is 0 Å². The van der Waals surface area contributed by atoms with Crippen molar-refractivity contribution < 1.29 is 52.8 Å². The molecule has 1 rings (SSSR count). The Kier molecular flexibility index (Phi) is 77.8. The molecule has 632 valence electrons. The second-order valence-corrected chi connectivity index (χ2v) is 33.8. The zero-order chi connectivity index (χ0) is 77.5. The van der Waals surface area contributed by atoms with Gasteiger partial charge in [-0.3, -0.25) is 24.0 Å². The number of esters is 5. The maximum atomic E-state index is 14.5. The first-order chi connectivity index (χ1) is 52.6. The van der Waals surface area contributed by atoms with Crippen LogP contribution in [0, 0.1) is 0 Å². The monoisotopic (exact) mass is 1510 g/mol. The minimum atomic E-state index is -1.76. The topological polar surface area (TPSA) is 152 Å². The summed E-state index contributed by atoms with van der Waals surface area (Å²) in [5.41, 5.74) is 0. The lowest BCUT2D eigenvalue weighted by atomic mass is 9.83. The zero-order valence-corrected chi connectivity index (χ0v) is 72.1. The summed E-state index contributed by atoms with van der Waals surface area (Å²) in [5, 5.41) is 12.8. The Bertz CT molecular complexity index is 1800. The molecule has 0 spiro atoms. The minimum absolute atomic E-state index is 0.0736. The van der Waals surface area contributed by atoms with Crippen LogP contribution < -0.4 is 0 Å². The molecule has 0 bridgehead atoms. The van der Waals surface area contributed by atoms with Gasteiger partial charge in [-0.2, -0.15) is 0 Å². The molecule has 1 saturated carbocycles. The van der Waals surface area contributed by atoms with E-state index in [1.165, 1.54) is 353 Å². The molecule has 11 heteroatoms. The van der Waals surface area contributed by atoms with Gasteiger partial charge >= 0.3 is 29.8 Å². The van der Waals surface area contributed by atoms with Crippen LogP contribution in [0.4, 0.5) is 0 Å². The van der Waals surface area contributed by atoms with E-state index in [1.54, 1.807) is 0 Å². The van der Waals surface area contributed by atoms with E-state index in [0.29, 0.717) is 32.1 Å². The molecule has 107 heavy (non-hydrogen) atoms. The number of ether oxygens (including phenoxy) is 5.